The molecular weight excluding hydrogens is 254 g/mol. The van der Waals surface area contributed by atoms with Crippen molar-refractivity contribution in [1.82, 2.24) is 20.6 Å². The van der Waals surface area contributed by atoms with Crippen LogP contribution in [0.1, 0.15) is 6.92 Å². The molecule has 1 amide bonds. The zero-order valence-electron chi connectivity index (χ0n) is 10.2. The van der Waals surface area contributed by atoms with Gasteiger partial charge < -0.3 is 15.5 Å². The van der Waals surface area contributed by atoms with Gasteiger partial charge in [0, 0.05) is 26.2 Å². The molecule has 6 nitrogen and oxygen atoms in total. The van der Waals surface area contributed by atoms with Crippen molar-refractivity contribution in [2.45, 2.75) is 13.0 Å². The van der Waals surface area contributed by atoms with Crippen LogP contribution in [-0.4, -0.2) is 48.1 Å². The van der Waals surface area contributed by atoms with Gasteiger partial charge in [0.1, 0.15) is 17.0 Å². The quantitative estimate of drug-likeness (QED) is 0.811. The average molecular weight is 270 g/mol. The molecule has 0 aliphatic carbocycles. The molecule has 1 atom stereocenters. The summed E-state index contributed by atoms with van der Waals surface area (Å²) < 4.78 is 0. The molecule has 1 aliphatic heterocycles. The smallest absolute Gasteiger partial charge is 0.244 e. The average Bonchev–Trinajstić information content (AvgIpc) is 2.39. The van der Waals surface area contributed by atoms with Gasteiger partial charge in [0.15, 0.2) is 0 Å². The lowest BCUT2D eigenvalue weighted by Gasteiger charge is -2.35. The van der Waals surface area contributed by atoms with Crippen molar-refractivity contribution in [1.29, 1.82) is 0 Å². The van der Waals surface area contributed by atoms with Gasteiger partial charge in [0.05, 0.1) is 12.4 Å². The van der Waals surface area contributed by atoms with Gasteiger partial charge in [-0.1, -0.05) is 11.6 Å². The second kappa shape index (κ2) is 5.97. The molecule has 1 unspecified atom stereocenters. The molecule has 1 fully saturated rings. The number of anilines is 1. The van der Waals surface area contributed by atoms with Gasteiger partial charge in [0.25, 0.3) is 0 Å². The second-order valence-corrected chi connectivity index (χ2v) is 4.40. The molecule has 0 saturated carbocycles. The summed E-state index contributed by atoms with van der Waals surface area (Å²) in [6.45, 7) is 4.63. The van der Waals surface area contributed by atoms with E-state index in [4.69, 9.17) is 11.6 Å². The number of rotatable bonds is 3. The molecule has 1 aromatic rings. The number of carbonyl (C=O) groups excluding carboxylic acids is 1. The van der Waals surface area contributed by atoms with Crippen molar-refractivity contribution >= 4 is 23.3 Å². The van der Waals surface area contributed by atoms with E-state index in [1.54, 1.807) is 6.20 Å². The SMILES string of the molecule is CCNC(=O)C1CNCCN1c1cncc(Cl)n1. The first kappa shape index (κ1) is 13.0. The Labute approximate surface area is 111 Å². The van der Waals surface area contributed by atoms with E-state index in [2.05, 4.69) is 20.6 Å². The standard InChI is InChI=1S/C11H16ClN5O/c1-2-15-11(18)8-5-13-3-4-17(8)10-7-14-6-9(12)16-10/h6-8,13H,2-5H2,1H3,(H,15,18). The highest BCUT2D eigenvalue weighted by Crippen LogP contribution is 2.16. The number of nitrogens with zero attached hydrogens (tertiary/aromatic N) is 3. The van der Waals surface area contributed by atoms with Gasteiger partial charge in [0.2, 0.25) is 5.91 Å². The maximum atomic E-state index is 12.0. The molecule has 1 saturated heterocycles. The maximum absolute atomic E-state index is 12.0. The van der Waals surface area contributed by atoms with Gasteiger partial charge in [-0.3, -0.25) is 9.78 Å². The van der Waals surface area contributed by atoms with Gasteiger partial charge in [-0.15, -0.1) is 0 Å². The van der Waals surface area contributed by atoms with Crippen LogP contribution in [-0.2, 0) is 4.79 Å². The van der Waals surface area contributed by atoms with E-state index in [9.17, 15) is 4.79 Å². The highest BCUT2D eigenvalue weighted by atomic mass is 35.5. The van der Waals surface area contributed by atoms with Gasteiger partial charge in [-0.05, 0) is 6.92 Å². The Bertz CT molecular complexity index is 428. The zero-order chi connectivity index (χ0) is 13.0. The van der Waals surface area contributed by atoms with Crippen LogP contribution in [0.2, 0.25) is 5.15 Å². The fourth-order valence-corrected chi connectivity index (χ4v) is 2.12. The van der Waals surface area contributed by atoms with Crippen molar-refractivity contribution in [2.75, 3.05) is 31.1 Å². The van der Waals surface area contributed by atoms with E-state index in [0.717, 1.165) is 6.54 Å². The summed E-state index contributed by atoms with van der Waals surface area (Å²) in [4.78, 5) is 22.1. The normalized spacial score (nSPS) is 19.7. The summed E-state index contributed by atoms with van der Waals surface area (Å²) in [5, 5.41) is 6.37. The number of hydrogen-bond acceptors (Lipinski definition) is 5. The fourth-order valence-electron chi connectivity index (χ4n) is 1.98. The number of likely N-dealkylation sites (N-methyl/N-ethyl adjacent to an activating group) is 1. The first-order chi connectivity index (χ1) is 8.72. The number of halogens is 1. The van der Waals surface area contributed by atoms with Crippen LogP contribution in [0.5, 0.6) is 0 Å². The van der Waals surface area contributed by atoms with E-state index in [1.165, 1.54) is 6.20 Å². The summed E-state index contributed by atoms with van der Waals surface area (Å²) in [5.74, 6) is 0.631. The number of nitrogens with one attached hydrogen (secondary N) is 2. The molecule has 2 heterocycles. The molecule has 2 rings (SSSR count). The first-order valence-corrected chi connectivity index (χ1v) is 6.32. The molecule has 1 aromatic heterocycles. The Morgan fingerprint density at radius 1 is 1.67 bits per heavy atom. The van der Waals surface area contributed by atoms with Gasteiger partial charge in [-0.25, -0.2) is 4.98 Å². The minimum atomic E-state index is -0.272. The molecule has 98 valence electrons. The lowest BCUT2D eigenvalue weighted by molar-refractivity contribution is -0.122. The van der Waals surface area contributed by atoms with Gasteiger partial charge in [-0.2, -0.15) is 0 Å². The molecule has 0 bridgehead atoms. The Morgan fingerprint density at radius 2 is 2.50 bits per heavy atom. The van der Waals surface area contributed by atoms with Crippen molar-refractivity contribution in [3.63, 3.8) is 0 Å². The summed E-state index contributed by atoms with van der Waals surface area (Å²) in [6.07, 6.45) is 3.11. The summed E-state index contributed by atoms with van der Waals surface area (Å²) >= 11 is 5.84. The minimum Gasteiger partial charge on any atom is -0.355 e. The van der Waals surface area contributed by atoms with Crippen molar-refractivity contribution in [3.8, 4) is 0 Å². The number of piperazine rings is 1. The van der Waals surface area contributed by atoms with E-state index >= 15 is 0 Å². The predicted octanol–water partition coefficient (Wildman–Crippen LogP) is 0.0443. The third-order valence-electron chi connectivity index (χ3n) is 2.78. The molecule has 0 aromatic carbocycles. The molecule has 0 radical (unpaired) electrons. The minimum absolute atomic E-state index is 0.00789. The number of hydrogen-bond donors (Lipinski definition) is 2. The lowest BCUT2D eigenvalue weighted by Crippen LogP contribution is -2.58. The molecule has 1 aliphatic rings. The van der Waals surface area contributed by atoms with Gasteiger partial charge >= 0.3 is 0 Å². The number of aromatic nitrogens is 2. The maximum Gasteiger partial charge on any atom is 0.244 e. The van der Waals surface area contributed by atoms with Crippen molar-refractivity contribution < 1.29 is 4.79 Å². The molecule has 2 N–H and O–H groups in total. The first-order valence-electron chi connectivity index (χ1n) is 5.95. The monoisotopic (exact) mass is 269 g/mol. The Balaban J connectivity index is 2.20. The molecular formula is C11H16ClN5O. The third-order valence-corrected chi connectivity index (χ3v) is 2.97. The molecule has 0 spiro atoms. The summed E-state index contributed by atoms with van der Waals surface area (Å²) in [6, 6.07) is -0.272. The van der Waals surface area contributed by atoms with Crippen LogP contribution in [0, 0.1) is 0 Å². The topological polar surface area (TPSA) is 70.2 Å². The van der Waals surface area contributed by atoms with Crippen LogP contribution in [0.4, 0.5) is 5.82 Å². The van der Waals surface area contributed by atoms with Crippen molar-refractivity contribution in [3.05, 3.63) is 17.5 Å². The molecule has 7 heteroatoms. The Morgan fingerprint density at radius 3 is 3.22 bits per heavy atom. The highest BCUT2D eigenvalue weighted by molar-refractivity contribution is 6.29. The highest BCUT2D eigenvalue weighted by Gasteiger charge is 2.29. The second-order valence-electron chi connectivity index (χ2n) is 4.01. The Kier molecular flexibility index (Phi) is 4.33. The van der Waals surface area contributed by atoms with Crippen LogP contribution in [0.15, 0.2) is 12.4 Å². The van der Waals surface area contributed by atoms with Crippen LogP contribution in [0.25, 0.3) is 0 Å². The summed E-state index contributed by atoms with van der Waals surface area (Å²) in [5.41, 5.74) is 0. The van der Waals surface area contributed by atoms with E-state index in [1.807, 2.05) is 11.8 Å². The van der Waals surface area contributed by atoms with Crippen molar-refractivity contribution in [2.24, 2.45) is 0 Å². The number of amides is 1. The molecule has 18 heavy (non-hydrogen) atoms. The van der Waals surface area contributed by atoms with Crippen LogP contribution >= 0.6 is 11.6 Å². The third kappa shape index (κ3) is 2.88. The fraction of sp³-hybridized carbons (Fsp3) is 0.545. The van der Waals surface area contributed by atoms with E-state index in [-0.39, 0.29) is 11.9 Å². The van der Waals surface area contributed by atoms with Crippen LogP contribution in [0.3, 0.4) is 0 Å². The van der Waals surface area contributed by atoms with Crippen LogP contribution < -0.4 is 15.5 Å². The predicted molar refractivity (Wildman–Crippen MR) is 69.7 cm³/mol. The Hall–Kier alpha value is -1.40. The van der Waals surface area contributed by atoms with E-state index < -0.39 is 0 Å². The zero-order valence-corrected chi connectivity index (χ0v) is 10.9. The lowest BCUT2D eigenvalue weighted by atomic mass is 10.2. The summed E-state index contributed by atoms with van der Waals surface area (Å²) in [7, 11) is 0. The van der Waals surface area contributed by atoms with E-state index in [0.29, 0.717) is 30.6 Å². The largest absolute Gasteiger partial charge is 0.355 e. The number of carbonyl (C=O) groups is 1.